The van der Waals surface area contributed by atoms with Gasteiger partial charge in [-0.15, -0.1) is 0 Å². The monoisotopic (exact) mass is 406 g/mol. The van der Waals surface area contributed by atoms with Crippen LogP contribution in [0.1, 0.15) is 64.5 Å². The van der Waals surface area contributed by atoms with Gasteiger partial charge in [0.2, 0.25) is 0 Å². The van der Waals surface area contributed by atoms with Crippen LogP contribution in [-0.2, 0) is 0 Å². The lowest BCUT2D eigenvalue weighted by Crippen LogP contribution is -2.24. The molecule has 2 aromatic carbocycles. The average Bonchev–Trinajstić information content (AvgIpc) is 2.77. The Labute approximate surface area is 183 Å². The van der Waals surface area contributed by atoms with Gasteiger partial charge in [-0.1, -0.05) is 52.0 Å². The molecule has 0 saturated heterocycles. The van der Waals surface area contributed by atoms with Crippen LogP contribution in [0.5, 0.6) is 0 Å². The second kappa shape index (κ2) is 13.6. The first-order valence-electron chi connectivity index (χ1n) is 11.5. The van der Waals surface area contributed by atoms with Crippen molar-refractivity contribution in [2.45, 2.75) is 53.4 Å². The predicted molar refractivity (Wildman–Crippen MR) is 134 cm³/mol. The molecule has 30 heavy (non-hydrogen) atoms. The second-order valence-electron chi connectivity index (χ2n) is 7.65. The van der Waals surface area contributed by atoms with Crippen LogP contribution in [0.2, 0.25) is 0 Å². The van der Waals surface area contributed by atoms with Crippen LogP contribution in [0.25, 0.3) is 0 Å². The summed E-state index contributed by atoms with van der Waals surface area (Å²) in [7, 11) is 0. The van der Waals surface area contributed by atoms with E-state index in [9.17, 15) is 0 Å². The fourth-order valence-corrected chi connectivity index (χ4v) is 3.56. The molecule has 0 aliphatic carbocycles. The molecule has 0 unspecified atom stereocenters. The first-order chi connectivity index (χ1) is 14.7. The summed E-state index contributed by atoms with van der Waals surface area (Å²) >= 11 is 0. The predicted octanol–water partition coefficient (Wildman–Crippen LogP) is 6.39. The van der Waals surface area contributed by atoms with Gasteiger partial charge in [0.05, 0.1) is 12.4 Å². The van der Waals surface area contributed by atoms with E-state index in [4.69, 9.17) is 0 Å². The summed E-state index contributed by atoms with van der Waals surface area (Å²) in [6.07, 6.45) is 8.26. The quantitative estimate of drug-likeness (QED) is 0.285. The Kier molecular flexibility index (Phi) is 10.7. The van der Waals surface area contributed by atoms with Crippen LogP contribution < -0.4 is 9.80 Å². The summed E-state index contributed by atoms with van der Waals surface area (Å²) in [6.45, 7) is 13.3. The Hall–Kier alpha value is -2.62. The molecular formula is C26H38N4. The minimum Gasteiger partial charge on any atom is -0.372 e. The lowest BCUT2D eigenvalue weighted by Gasteiger charge is -2.23. The molecule has 4 nitrogen and oxygen atoms in total. The smallest absolute Gasteiger partial charge is 0.0568 e. The van der Waals surface area contributed by atoms with Gasteiger partial charge in [-0.25, -0.2) is 0 Å². The van der Waals surface area contributed by atoms with E-state index in [0.29, 0.717) is 0 Å². The average molecular weight is 407 g/mol. The zero-order valence-electron chi connectivity index (χ0n) is 19.2. The van der Waals surface area contributed by atoms with Gasteiger partial charge >= 0.3 is 0 Å². The van der Waals surface area contributed by atoms with E-state index >= 15 is 0 Å². The molecule has 0 heterocycles. The minimum atomic E-state index is 1.06. The first kappa shape index (κ1) is 23.7. The number of benzene rings is 2. The molecule has 0 bridgehead atoms. The minimum absolute atomic E-state index is 1.06. The molecule has 0 N–H and O–H groups in total. The van der Waals surface area contributed by atoms with Gasteiger partial charge < -0.3 is 9.80 Å². The highest BCUT2D eigenvalue weighted by atomic mass is 15.2. The molecule has 4 heteroatoms. The zero-order chi connectivity index (χ0) is 21.6. The largest absolute Gasteiger partial charge is 0.372 e. The van der Waals surface area contributed by atoms with E-state index in [-0.39, 0.29) is 0 Å². The highest BCUT2D eigenvalue weighted by Gasteiger charge is 2.04. The van der Waals surface area contributed by atoms with Crippen molar-refractivity contribution in [3.63, 3.8) is 0 Å². The summed E-state index contributed by atoms with van der Waals surface area (Å²) in [5.41, 5.74) is 4.68. The Morgan fingerprint density at radius 2 is 0.833 bits per heavy atom. The van der Waals surface area contributed by atoms with E-state index in [1.165, 1.54) is 11.4 Å². The molecule has 0 amide bonds. The fraction of sp³-hybridized carbons (Fsp3) is 0.462. The summed E-state index contributed by atoms with van der Waals surface area (Å²) in [4.78, 5) is 4.87. The van der Waals surface area contributed by atoms with Crippen molar-refractivity contribution in [3.8, 4) is 0 Å². The fourth-order valence-electron chi connectivity index (χ4n) is 3.56. The van der Waals surface area contributed by atoms with Crippen molar-refractivity contribution in [1.82, 2.24) is 0 Å². The Morgan fingerprint density at radius 1 is 0.533 bits per heavy atom. The van der Waals surface area contributed by atoms with Gasteiger partial charge in [0, 0.05) is 37.6 Å². The van der Waals surface area contributed by atoms with Crippen molar-refractivity contribution >= 4 is 23.8 Å². The van der Waals surface area contributed by atoms with Crippen LogP contribution in [0.4, 0.5) is 11.4 Å². The molecule has 0 aliphatic heterocycles. The molecule has 0 aromatic heterocycles. The summed E-state index contributed by atoms with van der Waals surface area (Å²) < 4.78 is 0. The van der Waals surface area contributed by atoms with Crippen molar-refractivity contribution in [1.29, 1.82) is 0 Å². The Bertz CT molecular complexity index is 683. The van der Waals surface area contributed by atoms with Crippen LogP contribution in [0, 0.1) is 0 Å². The van der Waals surface area contributed by atoms with E-state index in [0.717, 1.165) is 63.0 Å². The van der Waals surface area contributed by atoms with Gasteiger partial charge in [-0.2, -0.15) is 10.2 Å². The first-order valence-corrected chi connectivity index (χ1v) is 11.5. The molecular weight excluding hydrogens is 368 g/mol. The normalized spacial score (nSPS) is 11.5. The van der Waals surface area contributed by atoms with Crippen LogP contribution in [0.3, 0.4) is 0 Å². The van der Waals surface area contributed by atoms with Crippen LogP contribution in [-0.4, -0.2) is 38.6 Å². The number of rotatable bonds is 13. The molecule has 0 saturated carbocycles. The maximum absolute atomic E-state index is 4.22. The zero-order valence-corrected chi connectivity index (χ0v) is 19.2. The number of nitrogens with zero attached hydrogens (tertiary/aromatic N) is 4. The van der Waals surface area contributed by atoms with E-state index in [2.05, 4.69) is 96.2 Å². The van der Waals surface area contributed by atoms with Crippen LogP contribution in [0.15, 0.2) is 58.7 Å². The van der Waals surface area contributed by atoms with Gasteiger partial charge in [0.1, 0.15) is 0 Å². The third-order valence-corrected chi connectivity index (χ3v) is 4.97. The molecule has 0 radical (unpaired) electrons. The highest BCUT2D eigenvalue weighted by molar-refractivity contribution is 5.83. The molecule has 162 valence electrons. The number of hydrogen-bond acceptors (Lipinski definition) is 4. The van der Waals surface area contributed by atoms with Gasteiger partial charge in [0.25, 0.3) is 0 Å². The summed E-state index contributed by atoms with van der Waals surface area (Å²) in [5.74, 6) is 0. The molecule has 0 atom stereocenters. The topological polar surface area (TPSA) is 31.2 Å². The summed E-state index contributed by atoms with van der Waals surface area (Å²) in [5, 5.41) is 8.44. The Morgan fingerprint density at radius 3 is 1.10 bits per heavy atom. The lowest BCUT2D eigenvalue weighted by atomic mass is 10.2. The van der Waals surface area contributed by atoms with Crippen molar-refractivity contribution < 1.29 is 0 Å². The van der Waals surface area contributed by atoms with Gasteiger partial charge in [-0.3, -0.25) is 0 Å². The molecule has 0 fully saturated rings. The third kappa shape index (κ3) is 7.66. The lowest BCUT2D eigenvalue weighted by molar-refractivity contribution is 0.745. The van der Waals surface area contributed by atoms with E-state index in [1.54, 1.807) is 0 Å². The molecule has 2 rings (SSSR count). The maximum Gasteiger partial charge on any atom is 0.0568 e. The van der Waals surface area contributed by atoms with Gasteiger partial charge in [-0.05, 0) is 61.1 Å². The highest BCUT2D eigenvalue weighted by Crippen LogP contribution is 2.17. The van der Waals surface area contributed by atoms with E-state index < -0.39 is 0 Å². The summed E-state index contributed by atoms with van der Waals surface area (Å²) in [6, 6.07) is 17.1. The number of anilines is 2. The van der Waals surface area contributed by atoms with Crippen molar-refractivity contribution in [2.75, 3.05) is 36.0 Å². The van der Waals surface area contributed by atoms with Gasteiger partial charge in [0.15, 0.2) is 0 Å². The molecule has 0 spiro atoms. The molecule has 0 aliphatic rings. The Balaban J connectivity index is 1.94. The van der Waals surface area contributed by atoms with Crippen molar-refractivity contribution in [2.24, 2.45) is 10.2 Å². The standard InChI is InChI=1S/C26H38N4/c1-5-17-29(18-6-2)25-13-9-23(10-14-25)21-27-28-22-24-11-15-26(16-12-24)30(19-7-3)20-8-4/h9-16,21-22H,5-8,17-20H2,1-4H3/b27-21+,28-22+. The second-order valence-corrected chi connectivity index (χ2v) is 7.65. The maximum atomic E-state index is 4.22. The van der Waals surface area contributed by atoms with Crippen LogP contribution >= 0.6 is 0 Å². The third-order valence-electron chi connectivity index (χ3n) is 4.97. The SMILES string of the molecule is CCCN(CCC)c1ccc(/C=N/N=C/c2ccc(N(CCC)CCC)cc2)cc1. The van der Waals surface area contributed by atoms with E-state index in [1.807, 2.05) is 12.4 Å². The number of hydrogen-bond donors (Lipinski definition) is 0. The van der Waals surface area contributed by atoms with Crippen molar-refractivity contribution in [3.05, 3.63) is 59.7 Å². The molecule has 2 aromatic rings.